The number of carbonyl (C=O) groups is 2. The number of hydrogen-bond donors (Lipinski definition) is 2. The first-order chi connectivity index (χ1) is 15.9. The molecule has 3 aromatic carbocycles. The third kappa shape index (κ3) is 7.64. The van der Waals surface area contributed by atoms with Crippen LogP contribution in [0.4, 0.5) is 0 Å². The van der Waals surface area contributed by atoms with E-state index in [1.165, 1.54) is 0 Å². The van der Waals surface area contributed by atoms with Crippen LogP contribution in [0.25, 0.3) is 11.1 Å². The van der Waals surface area contributed by atoms with Crippen LogP contribution in [-0.4, -0.2) is 25.0 Å². The van der Waals surface area contributed by atoms with Crippen LogP contribution >= 0.6 is 15.9 Å². The lowest BCUT2D eigenvalue weighted by molar-refractivity contribution is -0.123. The molecular formula is C26H27BrN2O4. The second kappa shape index (κ2) is 12.1. The van der Waals surface area contributed by atoms with Gasteiger partial charge in [-0.3, -0.25) is 20.4 Å². The minimum absolute atomic E-state index is 0.235. The van der Waals surface area contributed by atoms with Crippen LogP contribution in [0.5, 0.6) is 11.5 Å². The van der Waals surface area contributed by atoms with Crippen molar-refractivity contribution in [1.82, 2.24) is 10.9 Å². The number of hydrazine groups is 1. The van der Waals surface area contributed by atoms with E-state index < -0.39 is 11.8 Å². The molecule has 0 atom stereocenters. The molecule has 2 amide bonds. The number of halogens is 1. The molecule has 0 heterocycles. The van der Waals surface area contributed by atoms with Crippen LogP contribution in [0.2, 0.25) is 0 Å². The van der Waals surface area contributed by atoms with Gasteiger partial charge in [0.1, 0.15) is 11.5 Å². The molecule has 33 heavy (non-hydrogen) atoms. The third-order valence-electron chi connectivity index (χ3n) is 4.79. The second-order valence-electron chi connectivity index (χ2n) is 7.85. The molecule has 6 nitrogen and oxygen atoms in total. The van der Waals surface area contributed by atoms with Crippen molar-refractivity contribution >= 4 is 27.7 Å². The highest BCUT2D eigenvalue weighted by Gasteiger charge is 2.15. The fourth-order valence-electron chi connectivity index (χ4n) is 2.96. The Morgan fingerprint density at radius 3 is 2.27 bits per heavy atom. The fourth-order valence-corrected chi connectivity index (χ4v) is 3.32. The summed E-state index contributed by atoms with van der Waals surface area (Å²) in [6, 6.07) is 22.6. The molecule has 0 aromatic heterocycles. The van der Waals surface area contributed by atoms with Crippen molar-refractivity contribution in [3.05, 3.63) is 82.8 Å². The minimum Gasteiger partial charge on any atom is -0.493 e. The van der Waals surface area contributed by atoms with Gasteiger partial charge in [-0.05, 0) is 53.8 Å². The van der Waals surface area contributed by atoms with E-state index in [9.17, 15) is 9.59 Å². The van der Waals surface area contributed by atoms with Crippen LogP contribution in [0.15, 0.2) is 77.3 Å². The largest absolute Gasteiger partial charge is 0.493 e. The number of hydrogen-bond acceptors (Lipinski definition) is 4. The smallest absolute Gasteiger partial charge is 0.276 e. The Morgan fingerprint density at radius 2 is 1.58 bits per heavy atom. The lowest BCUT2D eigenvalue weighted by atomic mass is 10.1. The standard InChI is InChI=1S/C26H27BrN2O4/c1-18(2)14-15-32-24-13-10-21(27)16-23(24)26(31)29-28-25(30)17-33-22-11-8-20(9-12-22)19-6-4-3-5-7-19/h3-13,16,18H,14-15,17H2,1-2H3,(H,28,30)(H,29,31). The zero-order chi connectivity index (χ0) is 23.6. The summed E-state index contributed by atoms with van der Waals surface area (Å²) in [7, 11) is 0. The maximum atomic E-state index is 12.6. The quantitative estimate of drug-likeness (QED) is 0.378. The van der Waals surface area contributed by atoms with E-state index in [-0.39, 0.29) is 6.61 Å². The van der Waals surface area contributed by atoms with Crippen LogP contribution in [-0.2, 0) is 4.79 Å². The molecule has 172 valence electrons. The lowest BCUT2D eigenvalue weighted by Crippen LogP contribution is -2.44. The molecule has 0 aliphatic carbocycles. The Kier molecular flexibility index (Phi) is 8.89. The van der Waals surface area contributed by atoms with Gasteiger partial charge < -0.3 is 9.47 Å². The van der Waals surface area contributed by atoms with E-state index >= 15 is 0 Å². The normalized spacial score (nSPS) is 10.5. The molecule has 0 aliphatic rings. The third-order valence-corrected chi connectivity index (χ3v) is 5.28. The van der Waals surface area contributed by atoms with Crippen LogP contribution < -0.4 is 20.3 Å². The van der Waals surface area contributed by atoms with Gasteiger partial charge in [-0.1, -0.05) is 72.2 Å². The predicted molar refractivity (Wildman–Crippen MR) is 132 cm³/mol. The average Bonchev–Trinajstić information content (AvgIpc) is 2.82. The highest BCUT2D eigenvalue weighted by atomic mass is 79.9. The summed E-state index contributed by atoms with van der Waals surface area (Å²) >= 11 is 3.36. The Bertz CT molecular complexity index is 1070. The summed E-state index contributed by atoms with van der Waals surface area (Å²) in [5, 5.41) is 0. The van der Waals surface area contributed by atoms with Gasteiger partial charge in [0.05, 0.1) is 12.2 Å². The summed E-state index contributed by atoms with van der Waals surface area (Å²) in [6.07, 6.45) is 0.873. The Hall–Kier alpha value is -3.32. The highest BCUT2D eigenvalue weighted by molar-refractivity contribution is 9.10. The molecule has 0 saturated carbocycles. The monoisotopic (exact) mass is 510 g/mol. The Balaban J connectivity index is 1.49. The van der Waals surface area contributed by atoms with Crippen molar-refractivity contribution < 1.29 is 19.1 Å². The molecule has 0 aliphatic heterocycles. The van der Waals surface area contributed by atoms with Gasteiger partial charge >= 0.3 is 0 Å². The van der Waals surface area contributed by atoms with Crippen LogP contribution in [0.1, 0.15) is 30.6 Å². The summed E-state index contributed by atoms with van der Waals surface area (Å²) < 4.78 is 12.0. The summed E-state index contributed by atoms with van der Waals surface area (Å²) in [6.45, 7) is 4.48. The van der Waals surface area contributed by atoms with Crippen molar-refractivity contribution in [2.75, 3.05) is 13.2 Å². The SMILES string of the molecule is CC(C)CCOc1ccc(Br)cc1C(=O)NNC(=O)COc1ccc(-c2ccccc2)cc1. The first-order valence-electron chi connectivity index (χ1n) is 10.7. The molecule has 0 fully saturated rings. The molecule has 3 rings (SSSR count). The van der Waals surface area contributed by atoms with Crippen LogP contribution in [0, 0.1) is 5.92 Å². The number of nitrogens with one attached hydrogen (secondary N) is 2. The van der Waals surface area contributed by atoms with E-state index in [2.05, 4.69) is 40.6 Å². The second-order valence-corrected chi connectivity index (χ2v) is 8.77. The van der Waals surface area contributed by atoms with E-state index in [1.54, 1.807) is 30.3 Å². The highest BCUT2D eigenvalue weighted by Crippen LogP contribution is 2.24. The summed E-state index contributed by atoms with van der Waals surface area (Å²) in [5.74, 6) is 0.556. The van der Waals surface area contributed by atoms with Gasteiger partial charge in [-0.15, -0.1) is 0 Å². The van der Waals surface area contributed by atoms with Gasteiger partial charge in [0.2, 0.25) is 0 Å². The van der Waals surface area contributed by atoms with Gasteiger partial charge in [0.15, 0.2) is 6.61 Å². The zero-order valence-corrected chi connectivity index (χ0v) is 20.2. The number of benzene rings is 3. The number of carbonyl (C=O) groups excluding carboxylic acids is 2. The number of rotatable bonds is 9. The Morgan fingerprint density at radius 1 is 0.879 bits per heavy atom. The van der Waals surface area contributed by atoms with Crippen molar-refractivity contribution in [3.63, 3.8) is 0 Å². The first-order valence-corrected chi connectivity index (χ1v) is 11.5. The first kappa shape index (κ1) is 24.3. The topological polar surface area (TPSA) is 76.7 Å². The molecule has 7 heteroatoms. The lowest BCUT2D eigenvalue weighted by Gasteiger charge is -2.14. The molecule has 0 spiro atoms. The molecule has 0 radical (unpaired) electrons. The molecule has 0 saturated heterocycles. The predicted octanol–water partition coefficient (Wildman–Crippen LogP) is 5.38. The number of ether oxygens (including phenoxy) is 2. The molecule has 0 unspecified atom stereocenters. The van der Waals surface area contributed by atoms with Crippen molar-refractivity contribution in [1.29, 1.82) is 0 Å². The van der Waals surface area contributed by atoms with Gasteiger partial charge in [0.25, 0.3) is 11.8 Å². The molecule has 3 aromatic rings. The molecule has 2 N–H and O–H groups in total. The fraction of sp³-hybridized carbons (Fsp3) is 0.231. The zero-order valence-electron chi connectivity index (χ0n) is 18.6. The average molecular weight is 511 g/mol. The molecule has 0 bridgehead atoms. The van der Waals surface area contributed by atoms with Crippen molar-refractivity contribution in [2.24, 2.45) is 5.92 Å². The van der Waals surface area contributed by atoms with Gasteiger partial charge in [-0.25, -0.2) is 0 Å². The summed E-state index contributed by atoms with van der Waals surface area (Å²) in [5.41, 5.74) is 7.27. The van der Waals surface area contributed by atoms with Gasteiger partial charge in [0, 0.05) is 4.47 Å². The van der Waals surface area contributed by atoms with Crippen LogP contribution in [0.3, 0.4) is 0 Å². The van der Waals surface area contributed by atoms with E-state index in [1.807, 2.05) is 42.5 Å². The maximum Gasteiger partial charge on any atom is 0.276 e. The minimum atomic E-state index is -0.479. The van der Waals surface area contributed by atoms with Crippen molar-refractivity contribution in [2.45, 2.75) is 20.3 Å². The van der Waals surface area contributed by atoms with E-state index in [4.69, 9.17) is 9.47 Å². The number of amides is 2. The maximum absolute atomic E-state index is 12.6. The Labute approximate surface area is 202 Å². The molecular weight excluding hydrogens is 484 g/mol. The van der Waals surface area contributed by atoms with Crippen molar-refractivity contribution in [3.8, 4) is 22.6 Å². The van der Waals surface area contributed by atoms with E-state index in [0.29, 0.717) is 29.6 Å². The van der Waals surface area contributed by atoms with E-state index in [0.717, 1.165) is 22.0 Å². The van der Waals surface area contributed by atoms with Gasteiger partial charge in [-0.2, -0.15) is 0 Å². The summed E-state index contributed by atoms with van der Waals surface area (Å²) in [4.78, 5) is 24.7.